The molecule has 0 radical (unpaired) electrons. The molecule has 0 bridgehead atoms. The Morgan fingerprint density at radius 1 is 0.815 bits per heavy atom. The fraction of sp³-hybridized carbons (Fsp3) is 0.0476. The summed E-state index contributed by atoms with van der Waals surface area (Å²) in [5.74, 6) is 0.227. The fourth-order valence-electron chi connectivity index (χ4n) is 2.39. The highest BCUT2D eigenvalue weighted by atomic mass is 19.1. The average molecular weight is 364 g/mol. The summed E-state index contributed by atoms with van der Waals surface area (Å²) in [6.07, 6.45) is 0. The molecule has 136 valence electrons. The maximum Gasteiger partial charge on any atom is 0.255 e. The quantitative estimate of drug-likeness (QED) is 0.681. The van der Waals surface area contributed by atoms with Crippen molar-refractivity contribution in [2.75, 3.05) is 10.6 Å². The number of nitrogens with one attached hydrogen (secondary N) is 2. The van der Waals surface area contributed by atoms with E-state index in [1.807, 2.05) is 0 Å². The van der Waals surface area contributed by atoms with Gasteiger partial charge in [-0.15, -0.1) is 0 Å². The summed E-state index contributed by atoms with van der Waals surface area (Å²) in [6, 6.07) is 19.1. The Kier molecular flexibility index (Phi) is 5.47. The number of carbonyl (C=O) groups is 2. The standard InChI is InChI=1S/C21H17FN2O3/c1-14(25)23-17-3-2-4-18(13-17)24-21(26)15-5-9-19(10-6-15)27-20-11-7-16(22)8-12-20/h2-13H,1H3,(H,23,25)(H,24,26). The molecule has 3 rings (SSSR count). The molecule has 3 aromatic rings. The van der Waals surface area contributed by atoms with Gasteiger partial charge in [-0.1, -0.05) is 6.07 Å². The van der Waals surface area contributed by atoms with Crippen molar-refractivity contribution in [2.24, 2.45) is 0 Å². The van der Waals surface area contributed by atoms with Crippen LogP contribution in [0.15, 0.2) is 72.8 Å². The summed E-state index contributed by atoms with van der Waals surface area (Å²) in [7, 11) is 0. The Labute approximate surface area is 155 Å². The van der Waals surface area contributed by atoms with Crippen LogP contribution in [0.2, 0.25) is 0 Å². The predicted octanol–water partition coefficient (Wildman–Crippen LogP) is 4.83. The van der Waals surface area contributed by atoms with E-state index in [0.29, 0.717) is 28.4 Å². The fourth-order valence-corrected chi connectivity index (χ4v) is 2.39. The van der Waals surface area contributed by atoms with Crippen molar-refractivity contribution in [3.05, 3.63) is 84.2 Å². The van der Waals surface area contributed by atoms with Gasteiger partial charge >= 0.3 is 0 Å². The average Bonchev–Trinajstić information content (AvgIpc) is 2.64. The third kappa shape index (κ3) is 5.15. The van der Waals surface area contributed by atoms with Crippen LogP contribution in [0.1, 0.15) is 17.3 Å². The van der Waals surface area contributed by atoms with E-state index < -0.39 is 0 Å². The van der Waals surface area contributed by atoms with Crippen LogP contribution in [0.25, 0.3) is 0 Å². The summed E-state index contributed by atoms with van der Waals surface area (Å²) < 4.78 is 18.5. The van der Waals surface area contributed by atoms with Gasteiger partial charge in [-0.3, -0.25) is 9.59 Å². The molecule has 2 N–H and O–H groups in total. The molecule has 0 fully saturated rings. The van der Waals surface area contributed by atoms with Crippen molar-refractivity contribution in [3.63, 3.8) is 0 Å². The minimum atomic E-state index is -0.336. The molecule has 0 heterocycles. The van der Waals surface area contributed by atoms with E-state index in [9.17, 15) is 14.0 Å². The third-order valence-electron chi connectivity index (χ3n) is 3.61. The molecule has 6 heteroatoms. The van der Waals surface area contributed by atoms with Gasteiger partial charge in [0.1, 0.15) is 17.3 Å². The Hall–Kier alpha value is -3.67. The molecule has 5 nitrogen and oxygen atoms in total. The molecule has 0 saturated heterocycles. The zero-order valence-electron chi connectivity index (χ0n) is 14.5. The number of anilines is 2. The second kappa shape index (κ2) is 8.14. The number of ether oxygens (including phenoxy) is 1. The Morgan fingerprint density at radius 3 is 1.96 bits per heavy atom. The molecule has 27 heavy (non-hydrogen) atoms. The second-order valence-corrected chi connectivity index (χ2v) is 5.80. The first-order valence-corrected chi connectivity index (χ1v) is 8.22. The minimum absolute atomic E-state index is 0.185. The van der Waals surface area contributed by atoms with Crippen LogP contribution in [-0.4, -0.2) is 11.8 Å². The maximum atomic E-state index is 12.9. The topological polar surface area (TPSA) is 67.4 Å². The molecular weight excluding hydrogens is 347 g/mol. The Balaban J connectivity index is 1.65. The van der Waals surface area contributed by atoms with Gasteiger partial charge in [0.2, 0.25) is 5.91 Å². The highest BCUT2D eigenvalue weighted by Gasteiger charge is 2.08. The van der Waals surface area contributed by atoms with Crippen molar-refractivity contribution in [3.8, 4) is 11.5 Å². The van der Waals surface area contributed by atoms with Crippen LogP contribution in [0.5, 0.6) is 11.5 Å². The number of halogens is 1. The number of carbonyl (C=O) groups excluding carboxylic acids is 2. The van der Waals surface area contributed by atoms with Crippen LogP contribution >= 0.6 is 0 Å². The number of hydrogen-bond acceptors (Lipinski definition) is 3. The molecule has 3 aromatic carbocycles. The van der Waals surface area contributed by atoms with Gasteiger partial charge in [-0.25, -0.2) is 4.39 Å². The lowest BCUT2D eigenvalue weighted by Crippen LogP contribution is -2.12. The number of benzene rings is 3. The summed E-state index contributed by atoms with van der Waals surface area (Å²) in [5, 5.41) is 5.44. The molecule has 0 aliphatic carbocycles. The first kappa shape index (κ1) is 18.1. The normalized spacial score (nSPS) is 10.1. The zero-order chi connectivity index (χ0) is 19.2. The van der Waals surface area contributed by atoms with Crippen LogP contribution in [0, 0.1) is 5.82 Å². The van der Waals surface area contributed by atoms with Crippen molar-refractivity contribution in [1.82, 2.24) is 0 Å². The summed E-state index contributed by atoms with van der Waals surface area (Å²) >= 11 is 0. The molecule has 0 unspecified atom stereocenters. The highest BCUT2D eigenvalue weighted by Crippen LogP contribution is 2.22. The minimum Gasteiger partial charge on any atom is -0.457 e. The summed E-state index contributed by atoms with van der Waals surface area (Å²) in [6.45, 7) is 1.42. The monoisotopic (exact) mass is 364 g/mol. The third-order valence-corrected chi connectivity index (χ3v) is 3.61. The van der Waals surface area contributed by atoms with E-state index in [2.05, 4.69) is 10.6 Å². The van der Waals surface area contributed by atoms with E-state index in [4.69, 9.17) is 4.74 Å². The lowest BCUT2D eigenvalue weighted by molar-refractivity contribution is -0.114. The lowest BCUT2D eigenvalue weighted by atomic mass is 10.2. The maximum absolute atomic E-state index is 12.9. The van der Waals surface area contributed by atoms with Crippen LogP contribution in [0.4, 0.5) is 15.8 Å². The molecular formula is C21H17FN2O3. The van der Waals surface area contributed by atoms with Gasteiger partial charge in [0, 0.05) is 23.9 Å². The Morgan fingerprint density at radius 2 is 1.37 bits per heavy atom. The van der Waals surface area contributed by atoms with Gasteiger partial charge < -0.3 is 15.4 Å². The summed E-state index contributed by atoms with van der Waals surface area (Å²) in [4.78, 5) is 23.5. The molecule has 0 aromatic heterocycles. The van der Waals surface area contributed by atoms with Crippen molar-refractivity contribution in [2.45, 2.75) is 6.92 Å². The molecule has 0 aliphatic heterocycles. The van der Waals surface area contributed by atoms with Gasteiger partial charge in [-0.05, 0) is 66.7 Å². The van der Waals surface area contributed by atoms with Crippen molar-refractivity contribution < 1.29 is 18.7 Å². The number of rotatable bonds is 5. The highest BCUT2D eigenvalue weighted by molar-refractivity contribution is 6.04. The second-order valence-electron chi connectivity index (χ2n) is 5.80. The van der Waals surface area contributed by atoms with Gasteiger partial charge in [0.25, 0.3) is 5.91 Å². The molecule has 0 spiro atoms. The van der Waals surface area contributed by atoms with Gasteiger partial charge in [0.15, 0.2) is 0 Å². The summed E-state index contributed by atoms with van der Waals surface area (Å²) in [5.41, 5.74) is 1.62. The van der Waals surface area contributed by atoms with E-state index in [0.717, 1.165) is 0 Å². The first-order chi connectivity index (χ1) is 13.0. The van der Waals surface area contributed by atoms with E-state index in [1.165, 1.54) is 31.2 Å². The number of hydrogen-bond donors (Lipinski definition) is 2. The first-order valence-electron chi connectivity index (χ1n) is 8.22. The van der Waals surface area contributed by atoms with Crippen LogP contribution in [0.3, 0.4) is 0 Å². The largest absolute Gasteiger partial charge is 0.457 e. The van der Waals surface area contributed by atoms with Crippen LogP contribution in [-0.2, 0) is 4.79 Å². The van der Waals surface area contributed by atoms with E-state index >= 15 is 0 Å². The molecule has 0 aliphatic rings. The van der Waals surface area contributed by atoms with E-state index in [-0.39, 0.29) is 17.6 Å². The molecule has 0 saturated carbocycles. The molecule has 0 atom stereocenters. The van der Waals surface area contributed by atoms with Gasteiger partial charge in [-0.2, -0.15) is 0 Å². The number of amides is 2. The van der Waals surface area contributed by atoms with E-state index in [1.54, 1.807) is 48.5 Å². The lowest BCUT2D eigenvalue weighted by Gasteiger charge is -2.09. The SMILES string of the molecule is CC(=O)Nc1cccc(NC(=O)c2ccc(Oc3ccc(F)cc3)cc2)c1. The van der Waals surface area contributed by atoms with Gasteiger partial charge in [0.05, 0.1) is 0 Å². The smallest absolute Gasteiger partial charge is 0.255 e. The van der Waals surface area contributed by atoms with Crippen molar-refractivity contribution in [1.29, 1.82) is 0 Å². The zero-order valence-corrected chi connectivity index (χ0v) is 14.5. The Bertz CT molecular complexity index is 954. The van der Waals surface area contributed by atoms with Crippen molar-refractivity contribution >= 4 is 23.2 Å². The van der Waals surface area contributed by atoms with Crippen LogP contribution < -0.4 is 15.4 Å². The molecule has 2 amide bonds. The predicted molar refractivity (Wildman–Crippen MR) is 102 cm³/mol.